The van der Waals surface area contributed by atoms with Gasteiger partial charge < -0.3 is 10.6 Å². The number of rotatable bonds is 7. The first-order chi connectivity index (χ1) is 10.9. The van der Waals surface area contributed by atoms with Crippen LogP contribution in [0.4, 0.5) is 5.69 Å². The maximum Gasteiger partial charge on any atom is 0.240 e. The lowest BCUT2D eigenvalue weighted by atomic mass is 10.1. The quantitative estimate of drug-likeness (QED) is 0.707. The van der Waals surface area contributed by atoms with Crippen LogP contribution in [0.2, 0.25) is 0 Å². The van der Waals surface area contributed by atoms with Gasteiger partial charge in [-0.1, -0.05) is 13.0 Å². The molecule has 128 valence electrons. The van der Waals surface area contributed by atoms with Gasteiger partial charge in [0.25, 0.3) is 0 Å². The minimum Gasteiger partial charge on any atom is -0.326 e. The van der Waals surface area contributed by atoms with E-state index in [9.17, 15) is 13.2 Å². The molecule has 1 amide bonds. The van der Waals surface area contributed by atoms with Crippen molar-refractivity contribution in [1.29, 1.82) is 0 Å². The Kier molecular flexibility index (Phi) is 6.15. The zero-order valence-corrected chi connectivity index (χ0v) is 14.4. The van der Waals surface area contributed by atoms with E-state index >= 15 is 0 Å². The second-order valence-electron chi connectivity index (χ2n) is 6.00. The Bertz CT molecular complexity index is 640. The van der Waals surface area contributed by atoms with Crippen LogP contribution in [-0.2, 0) is 14.8 Å². The Hall–Kier alpha value is -1.44. The fraction of sp³-hybridized carbons (Fsp3) is 0.562. The van der Waals surface area contributed by atoms with Crippen molar-refractivity contribution >= 4 is 21.6 Å². The molecule has 2 rings (SSSR count). The lowest BCUT2D eigenvalue weighted by molar-refractivity contribution is -0.116. The molecular weight excluding hydrogens is 314 g/mol. The van der Waals surface area contributed by atoms with Gasteiger partial charge in [0.2, 0.25) is 15.9 Å². The number of hydrogen-bond donors (Lipinski definition) is 3. The topological polar surface area (TPSA) is 87.3 Å². The highest BCUT2D eigenvalue weighted by Gasteiger charge is 2.19. The number of amides is 1. The van der Waals surface area contributed by atoms with Crippen molar-refractivity contribution in [3.63, 3.8) is 0 Å². The highest BCUT2D eigenvalue weighted by Crippen LogP contribution is 2.17. The van der Waals surface area contributed by atoms with Gasteiger partial charge in [0.05, 0.1) is 4.90 Å². The zero-order valence-electron chi connectivity index (χ0n) is 13.6. The van der Waals surface area contributed by atoms with E-state index in [4.69, 9.17) is 0 Å². The van der Waals surface area contributed by atoms with Gasteiger partial charge >= 0.3 is 0 Å². The third-order valence-electron chi connectivity index (χ3n) is 3.99. The summed E-state index contributed by atoms with van der Waals surface area (Å²) in [6.07, 6.45) is 3.21. The largest absolute Gasteiger partial charge is 0.326 e. The molecule has 0 bridgehead atoms. The Morgan fingerprint density at radius 2 is 2.22 bits per heavy atom. The van der Waals surface area contributed by atoms with Gasteiger partial charge in [0.15, 0.2) is 0 Å². The predicted octanol–water partition coefficient (Wildman–Crippen LogP) is 1.84. The van der Waals surface area contributed by atoms with E-state index in [1.807, 2.05) is 13.8 Å². The van der Waals surface area contributed by atoms with Crippen molar-refractivity contribution in [3.05, 3.63) is 24.3 Å². The fourth-order valence-electron chi connectivity index (χ4n) is 2.52. The minimum atomic E-state index is -3.57. The van der Waals surface area contributed by atoms with E-state index in [2.05, 4.69) is 15.4 Å². The SMILES string of the molecule is CCC(C)NS(=O)(=O)c1cccc(NC(=O)CC2CCCN2)c1. The molecule has 1 fully saturated rings. The van der Waals surface area contributed by atoms with E-state index in [-0.39, 0.29) is 22.9 Å². The van der Waals surface area contributed by atoms with Gasteiger partial charge in [0, 0.05) is 24.2 Å². The van der Waals surface area contributed by atoms with Gasteiger partial charge in [-0.3, -0.25) is 4.79 Å². The first kappa shape index (κ1) is 17.9. The number of carbonyl (C=O) groups is 1. The number of carbonyl (C=O) groups excluding carboxylic acids is 1. The summed E-state index contributed by atoms with van der Waals surface area (Å²) in [6, 6.07) is 6.43. The molecular formula is C16H25N3O3S. The minimum absolute atomic E-state index is 0.103. The summed E-state index contributed by atoms with van der Waals surface area (Å²) in [6.45, 7) is 4.69. The summed E-state index contributed by atoms with van der Waals surface area (Å²) >= 11 is 0. The van der Waals surface area contributed by atoms with Crippen LogP contribution < -0.4 is 15.4 Å². The summed E-state index contributed by atoms with van der Waals surface area (Å²) in [5, 5.41) is 6.05. The third-order valence-corrected chi connectivity index (χ3v) is 5.58. The summed E-state index contributed by atoms with van der Waals surface area (Å²) < 4.78 is 27.2. The van der Waals surface area contributed by atoms with Crippen LogP contribution >= 0.6 is 0 Å². The first-order valence-corrected chi connectivity index (χ1v) is 9.54. The second kappa shape index (κ2) is 7.90. The Morgan fingerprint density at radius 3 is 2.87 bits per heavy atom. The molecule has 0 radical (unpaired) electrons. The van der Waals surface area contributed by atoms with Crippen molar-refractivity contribution in [3.8, 4) is 0 Å². The zero-order chi connectivity index (χ0) is 16.9. The van der Waals surface area contributed by atoms with Gasteiger partial charge in [-0.2, -0.15) is 0 Å². The monoisotopic (exact) mass is 339 g/mol. The molecule has 1 aliphatic rings. The maximum absolute atomic E-state index is 12.3. The summed E-state index contributed by atoms with van der Waals surface area (Å²) in [4.78, 5) is 12.2. The Morgan fingerprint density at radius 1 is 1.43 bits per heavy atom. The molecule has 0 aromatic heterocycles. The van der Waals surface area contributed by atoms with Crippen LogP contribution in [0.25, 0.3) is 0 Å². The molecule has 1 heterocycles. The summed E-state index contributed by atoms with van der Waals surface area (Å²) in [7, 11) is -3.57. The van der Waals surface area contributed by atoms with Crippen molar-refractivity contribution < 1.29 is 13.2 Å². The molecule has 1 aromatic carbocycles. The number of hydrogen-bond acceptors (Lipinski definition) is 4. The summed E-state index contributed by atoms with van der Waals surface area (Å²) in [5.74, 6) is -0.103. The molecule has 0 saturated carbocycles. The molecule has 6 nitrogen and oxygen atoms in total. The maximum atomic E-state index is 12.3. The molecule has 1 aliphatic heterocycles. The molecule has 1 saturated heterocycles. The number of benzene rings is 1. The highest BCUT2D eigenvalue weighted by atomic mass is 32.2. The number of anilines is 1. The fourth-order valence-corrected chi connectivity index (χ4v) is 3.90. The molecule has 2 unspecified atom stereocenters. The van der Waals surface area contributed by atoms with Crippen LogP contribution in [0, 0.1) is 0 Å². The van der Waals surface area contributed by atoms with Crippen molar-refractivity contribution in [2.45, 2.75) is 56.5 Å². The molecule has 2 atom stereocenters. The molecule has 0 spiro atoms. The summed E-state index contributed by atoms with van der Waals surface area (Å²) in [5.41, 5.74) is 0.500. The van der Waals surface area contributed by atoms with Gasteiger partial charge in [-0.15, -0.1) is 0 Å². The first-order valence-electron chi connectivity index (χ1n) is 8.06. The standard InChI is InChI=1S/C16H25N3O3S/c1-3-12(2)19-23(21,22)15-8-4-6-14(10-15)18-16(20)11-13-7-5-9-17-13/h4,6,8,10,12-13,17,19H,3,5,7,9,11H2,1-2H3,(H,18,20). The van der Waals surface area contributed by atoms with Crippen molar-refractivity contribution in [2.75, 3.05) is 11.9 Å². The molecule has 0 aliphatic carbocycles. The average Bonchev–Trinajstić information content (AvgIpc) is 2.99. The van der Waals surface area contributed by atoms with Crippen LogP contribution in [0.3, 0.4) is 0 Å². The molecule has 23 heavy (non-hydrogen) atoms. The van der Waals surface area contributed by atoms with Crippen LogP contribution in [-0.4, -0.2) is 33.0 Å². The third kappa shape index (κ3) is 5.30. The second-order valence-corrected chi connectivity index (χ2v) is 7.72. The normalized spacial score (nSPS) is 19.5. The smallest absolute Gasteiger partial charge is 0.240 e. The van der Waals surface area contributed by atoms with Crippen LogP contribution in [0.1, 0.15) is 39.5 Å². The highest BCUT2D eigenvalue weighted by molar-refractivity contribution is 7.89. The molecule has 7 heteroatoms. The predicted molar refractivity (Wildman–Crippen MR) is 90.8 cm³/mol. The Labute approximate surface area is 138 Å². The van der Waals surface area contributed by atoms with E-state index in [1.54, 1.807) is 12.1 Å². The van der Waals surface area contributed by atoms with E-state index in [0.29, 0.717) is 18.5 Å². The van der Waals surface area contributed by atoms with Gasteiger partial charge in [0.1, 0.15) is 0 Å². The van der Waals surface area contributed by atoms with E-state index < -0.39 is 10.0 Å². The average molecular weight is 339 g/mol. The number of nitrogens with one attached hydrogen (secondary N) is 3. The van der Waals surface area contributed by atoms with Crippen LogP contribution in [0.15, 0.2) is 29.2 Å². The van der Waals surface area contributed by atoms with Crippen molar-refractivity contribution in [2.24, 2.45) is 0 Å². The molecule has 3 N–H and O–H groups in total. The van der Waals surface area contributed by atoms with Gasteiger partial charge in [-0.25, -0.2) is 13.1 Å². The molecule has 1 aromatic rings. The lowest BCUT2D eigenvalue weighted by Gasteiger charge is -2.14. The van der Waals surface area contributed by atoms with E-state index in [1.165, 1.54) is 12.1 Å². The van der Waals surface area contributed by atoms with Crippen LogP contribution in [0.5, 0.6) is 0 Å². The van der Waals surface area contributed by atoms with Gasteiger partial charge in [-0.05, 0) is 50.9 Å². The number of sulfonamides is 1. The Balaban J connectivity index is 2.02. The van der Waals surface area contributed by atoms with E-state index in [0.717, 1.165) is 19.4 Å². The van der Waals surface area contributed by atoms with Crippen molar-refractivity contribution in [1.82, 2.24) is 10.0 Å². The lowest BCUT2D eigenvalue weighted by Crippen LogP contribution is -2.32.